The zero-order valence-electron chi connectivity index (χ0n) is 9.28. The summed E-state index contributed by atoms with van der Waals surface area (Å²) in [6.07, 6.45) is 3.67. The van der Waals surface area contributed by atoms with Crippen molar-refractivity contribution in [3.8, 4) is 12.1 Å². The zero-order valence-corrected chi connectivity index (χ0v) is 9.28. The molecule has 0 saturated heterocycles. The van der Waals surface area contributed by atoms with Gasteiger partial charge in [0, 0.05) is 5.92 Å². The highest BCUT2D eigenvalue weighted by atomic mass is 16.5. The largest absolute Gasteiger partial charge is 0.369 e. The van der Waals surface area contributed by atoms with Gasteiger partial charge in [-0.2, -0.15) is 10.5 Å². The first-order chi connectivity index (χ1) is 8.36. The van der Waals surface area contributed by atoms with E-state index in [0.717, 1.165) is 5.56 Å². The predicted octanol–water partition coefficient (Wildman–Crippen LogP) is 2.39. The van der Waals surface area contributed by atoms with Crippen LogP contribution in [0.2, 0.25) is 0 Å². The lowest BCUT2D eigenvalue weighted by molar-refractivity contribution is 0.100. The fraction of sp³-hybridized carbons (Fsp3) is 0.286. The molecule has 3 heteroatoms. The summed E-state index contributed by atoms with van der Waals surface area (Å²) >= 11 is 0. The van der Waals surface area contributed by atoms with Gasteiger partial charge in [0.15, 0.2) is 0 Å². The van der Waals surface area contributed by atoms with Gasteiger partial charge in [0.2, 0.25) is 0 Å². The standard InChI is InChI=1S/C14H12N2O/c15-9-12(10-16)14(13-7-4-8-17-13)11-5-2-1-3-6-11/h1-7,12-14H,8H2. The van der Waals surface area contributed by atoms with Crippen LogP contribution in [0.3, 0.4) is 0 Å². The van der Waals surface area contributed by atoms with E-state index in [-0.39, 0.29) is 12.0 Å². The molecule has 84 valence electrons. The smallest absolute Gasteiger partial charge is 0.142 e. The average Bonchev–Trinajstić information content (AvgIpc) is 2.90. The van der Waals surface area contributed by atoms with E-state index < -0.39 is 5.92 Å². The van der Waals surface area contributed by atoms with Crippen molar-refractivity contribution in [3.05, 3.63) is 48.0 Å². The lowest BCUT2D eigenvalue weighted by Crippen LogP contribution is -2.23. The van der Waals surface area contributed by atoms with Gasteiger partial charge >= 0.3 is 0 Å². The third kappa shape index (κ3) is 2.36. The summed E-state index contributed by atoms with van der Waals surface area (Å²) in [5.41, 5.74) is 0.970. The van der Waals surface area contributed by atoms with E-state index in [4.69, 9.17) is 15.3 Å². The first kappa shape index (κ1) is 11.4. The van der Waals surface area contributed by atoms with Crippen molar-refractivity contribution < 1.29 is 4.74 Å². The molecule has 2 rings (SSSR count). The number of hydrogen-bond donors (Lipinski definition) is 0. The van der Waals surface area contributed by atoms with Crippen molar-refractivity contribution >= 4 is 0 Å². The molecule has 0 N–H and O–H groups in total. The van der Waals surface area contributed by atoms with Crippen molar-refractivity contribution in [1.82, 2.24) is 0 Å². The zero-order chi connectivity index (χ0) is 12.1. The molecule has 2 unspecified atom stereocenters. The number of nitrogens with zero attached hydrogens (tertiary/aromatic N) is 2. The van der Waals surface area contributed by atoms with Crippen molar-refractivity contribution in [2.45, 2.75) is 12.0 Å². The van der Waals surface area contributed by atoms with Crippen LogP contribution < -0.4 is 0 Å². The first-order valence-corrected chi connectivity index (χ1v) is 5.49. The highest BCUT2D eigenvalue weighted by Gasteiger charge is 2.31. The highest BCUT2D eigenvalue weighted by molar-refractivity contribution is 5.29. The molecule has 1 aliphatic heterocycles. The maximum Gasteiger partial charge on any atom is 0.142 e. The fourth-order valence-corrected chi connectivity index (χ4v) is 2.07. The van der Waals surface area contributed by atoms with Gasteiger partial charge in [-0.3, -0.25) is 0 Å². The molecule has 1 heterocycles. The van der Waals surface area contributed by atoms with Gasteiger partial charge in [-0.15, -0.1) is 0 Å². The van der Waals surface area contributed by atoms with Gasteiger partial charge in [-0.1, -0.05) is 42.5 Å². The molecule has 0 aliphatic carbocycles. The summed E-state index contributed by atoms with van der Waals surface area (Å²) in [5.74, 6) is -0.907. The molecule has 2 atom stereocenters. The summed E-state index contributed by atoms with van der Waals surface area (Å²) in [6.45, 7) is 0.553. The minimum atomic E-state index is -0.690. The molecular weight excluding hydrogens is 212 g/mol. The van der Waals surface area contributed by atoms with Crippen LogP contribution in [0.25, 0.3) is 0 Å². The van der Waals surface area contributed by atoms with Gasteiger partial charge in [0.05, 0.1) is 24.8 Å². The molecule has 0 radical (unpaired) electrons. The van der Waals surface area contributed by atoms with E-state index in [2.05, 4.69) is 12.1 Å². The third-order valence-electron chi connectivity index (χ3n) is 2.89. The van der Waals surface area contributed by atoms with Crippen molar-refractivity contribution in [1.29, 1.82) is 10.5 Å². The second kappa shape index (κ2) is 5.30. The molecular formula is C14H12N2O. The summed E-state index contributed by atoms with van der Waals surface area (Å²) in [6, 6.07) is 13.7. The number of ether oxygens (including phenoxy) is 1. The van der Waals surface area contributed by atoms with Crippen LogP contribution in [-0.2, 0) is 4.74 Å². The van der Waals surface area contributed by atoms with Crippen LogP contribution in [0.15, 0.2) is 42.5 Å². The fourth-order valence-electron chi connectivity index (χ4n) is 2.07. The Morgan fingerprint density at radius 2 is 1.88 bits per heavy atom. The van der Waals surface area contributed by atoms with Gasteiger partial charge in [0.1, 0.15) is 5.92 Å². The van der Waals surface area contributed by atoms with E-state index in [1.807, 2.05) is 42.5 Å². The molecule has 1 aromatic carbocycles. The number of benzene rings is 1. The lowest BCUT2D eigenvalue weighted by Gasteiger charge is -2.23. The number of nitriles is 2. The van der Waals surface area contributed by atoms with Crippen LogP contribution in [-0.4, -0.2) is 12.7 Å². The third-order valence-corrected chi connectivity index (χ3v) is 2.89. The summed E-state index contributed by atoms with van der Waals surface area (Å²) < 4.78 is 5.54. The second-order valence-corrected chi connectivity index (χ2v) is 3.90. The number of rotatable bonds is 3. The minimum absolute atomic E-state index is 0.179. The summed E-state index contributed by atoms with van der Waals surface area (Å²) in [4.78, 5) is 0. The second-order valence-electron chi connectivity index (χ2n) is 3.90. The molecule has 0 spiro atoms. The Balaban J connectivity index is 2.34. The Morgan fingerprint density at radius 3 is 2.41 bits per heavy atom. The molecule has 0 fully saturated rings. The molecule has 17 heavy (non-hydrogen) atoms. The Labute approximate surface area is 101 Å². The summed E-state index contributed by atoms with van der Waals surface area (Å²) in [7, 11) is 0. The first-order valence-electron chi connectivity index (χ1n) is 5.49. The molecule has 0 aromatic heterocycles. The maximum absolute atomic E-state index is 9.07. The van der Waals surface area contributed by atoms with Crippen LogP contribution in [0.4, 0.5) is 0 Å². The molecule has 3 nitrogen and oxygen atoms in total. The highest BCUT2D eigenvalue weighted by Crippen LogP contribution is 2.31. The van der Waals surface area contributed by atoms with Crippen LogP contribution in [0.1, 0.15) is 11.5 Å². The molecule has 1 aromatic rings. The van der Waals surface area contributed by atoms with Gasteiger partial charge in [-0.05, 0) is 5.56 Å². The number of hydrogen-bond acceptors (Lipinski definition) is 3. The topological polar surface area (TPSA) is 56.8 Å². The Bertz CT molecular complexity index is 467. The molecule has 0 bridgehead atoms. The van der Waals surface area contributed by atoms with Gasteiger partial charge in [0.25, 0.3) is 0 Å². The monoisotopic (exact) mass is 224 g/mol. The lowest BCUT2D eigenvalue weighted by atomic mass is 9.83. The van der Waals surface area contributed by atoms with Gasteiger partial charge in [-0.25, -0.2) is 0 Å². The van der Waals surface area contributed by atoms with E-state index in [1.165, 1.54) is 0 Å². The summed E-state index contributed by atoms with van der Waals surface area (Å²) in [5, 5.41) is 18.1. The van der Waals surface area contributed by atoms with Crippen molar-refractivity contribution in [3.63, 3.8) is 0 Å². The quantitative estimate of drug-likeness (QED) is 0.741. The minimum Gasteiger partial charge on any atom is -0.369 e. The van der Waals surface area contributed by atoms with E-state index >= 15 is 0 Å². The molecule has 0 amide bonds. The predicted molar refractivity (Wildman–Crippen MR) is 62.8 cm³/mol. The molecule has 1 aliphatic rings. The Morgan fingerprint density at radius 1 is 1.18 bits per heavy atom. The molecule has 0 saturated carbocycles. The Kier molecular flexibility index (Phi) is 3.55. The van der Waals surface area contributed by atoms with Crippen molar-refractivity contribution in [2.24, 2.45) is 5.92 Å². The SMILES string of the molecule is N#CC(C#N)C(c1ccccc1)C1C=CCO1. The Hall–Kier alpha value is -2.10. The normalized spacial score (nSPS) is 19.8. The van der Waals surface area contributed by atoms with Crippen LogP contribution in [0, 0.1) is 28.6 Å². The van der Waals surface area contributed by atoms with E-state index in [0.29, 0.717) is 6.61 Å². The average molecular weight is 224 g/mol. The van der Waals surface area contributed by atoms with Crippen molar-refractivity contribution in [2.75, 3.05) is 6.61 Å². The van der Waals surface area contributed by atoms with E-state index in [9.17, 15) is 0 Å². The van der Waals surface area contributed by atoms with Gasteiger partial charge < -0.3 is 4.74 Å². The van der Waals surface area contributed by atoms with E-state index in [1.54, 1.807) is 0 Å². The van der Waals surface area contributed by atoms with Crippen LogP contribution >= 0.6 is 0 Å². The maximum atomic E-state index is 9.07. The van der Waals surface area contributed by atoms with Crippen LogP contribution in [0.5, 0.6) is 0 Å².